The van der Waals surface area contributed by atoms with Crippen LogP contribution in [0.2, 0.25) is 0 Å². The van der Waals surface area contributed by atoms with Crippen LogP contribution in [0.4, 0.5) is 0 Å². The van der Waals surface area contributed by atoms with Gasteiger partial charge in [-0.3, -0.25) is 14.6 Å². The zero-order valence-corrected chi connectivity index (χ0v) is 7.61. The quantitative estimate of drug-likeness (QED) is 0.757. The maximum Gasteiger partial charge on any atom is 0.0772 e. The second kappa shape index (κ2) is 3.97. The number of hydrogen-bond acceptors (Lipinski definition) is 4. The summed E-state index contributed by atoms with van der Waals surface area (Å²) in [5.41, 5.74) is 6.70. The molecule has 72 valence electrons. The largest absolute Gasteiger partial charge is 0.321 e. The van der Waals surface area contributed by atoms with Crippen molar-refractivity contribution in [3.63, 3.8) is 0 Å². The molecule has 0 bridgehead atoms. The smallest absolute Gasteiger partial charge is 0.0772 e. The van der Waals surface area contributed by atoms with E-state index < -0.39 is 0 Å². The molecule has 0 radical (unpaired) electrons. The molecule has 0 aliphatic rings. The molecular weight excluding hydrogens is 178 g/mol. The molecule has 0 aliphatic heterocycles. The lowest BCUT2D eigenvalue weighted by Crippen LogP contribution is -2.19. The first-order valence-corrected chi connectivity index (χ1v) is 4.35. The van der Waals surface area contributed by atoms with Gasteiger partial charge in [0.05, 0.1) is 24.5 Å². The second-order valence-electron chi connectivity index (χ2n) is 2.96. The van der Waals surface area contributed by atoms with Crippen LogP contribution in [0.3, 0.4) is 0 Å². The van der Waals surface area contributed by atoms with E-state index in [0.29, 0.717) is 6.54 Å². The molecule has 0 fully saturated rings. The van der Waals surface area contributed by atoms with Crippen LogP contribution in [0.5, 0.6) is 0 Å². The molecule has 1 atom stereocenters. The number of nitrogens with two attached hydrogens (primary N) is 1. The summed E-state index contributed by atoms with van der Waals surface area (Å²) in [7, 11) is 0. The number of hydrogen-bond donors (Lipinski definition) is 1. The first-order chi connectivity index (χ1) is 6.86. The third-order valence-electron chi connectivity index (χ3n) is 1.91. The molecule has 2 N–H and O–H groups in total. The molecule has 2 aromatic rings. The molecule has 1 unspecified atom stereocenters. The SMILES string of the molecule is NC(Cn1cccn1)c1cnccn1. The van der Waals surface area contributed by atoms with Crippen molar-refractivity contribution in [1.29, 1.82) is 0 Å². The van der Waals surface area contributed by atoms with E-state index in [4.69, 9.17) is 5.73 Å². The summed E-state index contributed by atoms with van der Waals surface area (Å²) < 4.78 is 1.78. The van der Waals surface area contributed by atoms with Gasteiger partial charge in [0.2, 0.25) is 0 Å². The lowest BCUT2D eigenvalue weighted by atomic mass is 10.2. The fraction of sp³-hybridized carbons (Fsp3) is 0.222. The van der Waals surface area contributed by atoms with Crippen molar-refractivity contribution in [2.24, 2.45) is 5.73 Å². The summed E-state index contributed by atoms with van der Waals surface area (Å²) in [4.78, 5) is 8.09. The predicted molar refractivity (Wildman–Crippen MR) is 51.2 cm³/mol. The Morgan fingerprint density at radius 3 is 2.93 bits per heavy atom. The topological polar surface area (TPSA) is 69.6 Å². The Morgan fingerprint density at radius 1 is 1.36 bits per heavy atom. The molecule has 2 aromatic heterocycles. The maximum absolute atomic E-state index is 5.92. The fourth-order valence-corrected chi connectivity index (χ4v) is 1.21. The summed E-state index contributed by atoms with van der Waals surface area (Å²) in [6.45, 7) is 0.617. The minimum atomic E-state index is -0.163. The van der Waals surface area contributed by atoms with E-state index in [2.05, 4.69) is 15.1 Å². The molecule has 0 amide bonds. The highest BCUT2D eigenvalue weighted by Crippen LogP contribution is 2.06. The van der Waals surface area contributed by atoms with Crippen LogP contribution in [-0.2, 0) is 6.54 Å². The van der Waals surface area contributed by atoms with E-state index in [1.807, 2.05) is 12.3 Å². The molecule has 0 saturated heterocycles. The molecule has 0 aliphatic carbocycles. The van der Waals surface area contributed by atoms with Crippen molar-refractivity contribution >= 4 is 0 Å². The van der Waals surface area contributed by atoms with E-state index in [0.717, 1.165) is 5.69 Å². The van der Waals surface area contributed by atoms with Crippen LogP contribution in [0.15, 0.2) is 37.1 Å². The van der Waals surface area contributed by atoms with Gasteiger partial charge in [-0.1, -0.05) is 0 Å². The van der Waals surface area contributed by atoms with Gasteiger partial charge >= 0.3 is 0 Å². The van der Waals surface area contributed by atoms with Crippen LogP contribution in [-0.4, -0.2) is 19.7 Å². The highest BCUT2D eigenvalue weighted by atomic mass is 15.3. The fourth-order valence-electron chi connectivity index (χ4n) is 1.21. The lowest BCUT2D eigenvalue weighted by Gasteiger charge is -2.09. The molecule has 0 spiro atoms. The van der Waals surface area contributed by atoms with E-state index in [9.17, 15) is 0 Å². The normalized spacial score (nSPS) is 12.6. The van der Waals surface area contributed by atoms with Gasteiger partial charge in [0.15, 0.2) is 0 Å². The second-order valence-corrected chi connectivity index (χ2v) is 2.96. The van der Waals surface area contributed by atoms with Crippen LogP contribution in [0, 0.1) is 0 Å². The van der Waals surface area contributed by atoms with Gasteiger partial charge in [-0.05, 0) is 6.07 Å². The van der Waals surface area contributed by atoms with Gasteiger partial charge in [0.1, 0.15) is 0 Å². The van der Waals surface area contributed by atoms with Crippen molar-refractivity contribution < 1.29 is 0 Å². The Bertz CT molecular complexity index is 369. The van der Waals surface area contributed by atoms with E-state index >= 15 is 0 Å². The van der Waals surface area contributed by atoms with Crippen molar-refractivity contribution in [2.45, 2.75) is 12.6 Å². The van der Waals surface area contributed by atoms with Crippen LogP contribution in [0.25, 0.3) is 0 Å². The summed E-state index contributed by atoms with van der Waals surface area (Å²) in [6, 6.07) is 1.70. The van der Waals surface area contributed by atoms with Gasteiger partial charge in [-0.25, -0.2) is 0 Å². The maximum atomic E-state index is 5.92. The first-order valence-electron chi connectivity index (χ1n) is 4.35. The molecule has 5 nitrogen and oxygen atoms in total. The van der Waals surface area contributed by atoms with Crippen molar-refractivity contribution in [1.82, 2.24) is 19.7 Å². The minimum Gasteiger partial charge on any atom is -0.321 e. The molecule has 2 rings (SSSR count). The Hall–Kier alpha value is -1.75. The van der Waals surface area contributed by atoms with Gasteiger partial charge < -0.3 is 5.73 Å². The van der Waals surface area contributed by atoms with Gasteiger partial charge in [-0.2, -0.15) is 5.10 Å². The summed E-state index contributed by atoms with van der Waals surface area (Å²) in [5, 5.41) is 4.07. The van der Waals surface area contributed by atoms with Gasteiger partial charge in [0, 0.05) is 24.8 Å². The van der Waals surface area contributed by atoms with Crippen molar-refractivity contribution in [2.75, 3.05) is 0 Å². The molecule has 0 saturated carbocycles. The Labute approximate surface area is 81.6 Å². The Balaban J connectivity index is 2.07. The van der Waals surface area contributed by atoms with Gasteiger partial charge in [-0.15, -0.1) is 0 Å². The highest BCUT2D eigenvalue weighted by molar-refractivity contribution is 5.00. The average molecular weight is 189 g/mol. The molecular formula is C9H11N5. The van der Waals surface area contributed by atoms with E-state index in [1.54, 1.807) is 29.5 Å². The van der Waals surface area contributed by atoms with E-state index in [1.165, 1.54) is 0 Å². The number of nitrogens with zero attached hydrogens (tertiary/aromatic N) is 4. The monoisotopic (exact) mass is 189 g/mol. The molecule has 2 heterocycles. The molecule has 0 aromatic carbocycles. The molecule has 5 heteroatoms. The van der Waals surface area contributed by atoms with Crippen molar-refractivity contribution in [3.05, 3.63) is 42.7 Å². The number of aromatic nitrogens is 4. The van der Waals surface area contributed by atoms with Gasteiger partial charge in [0.25, 0.3) is 0 Å². The molecule has 14 heavy (non-hydrogen) atoms. The summed E-state index contributed by atoms with van der Waals surface area (Å²) in [5.74, 6) is 0. The third-order valence-corrected chi connectivity index (χ3v) is 1.91. The average Bonchev–Trinajstić information content (AvgIpc) is 2.72. The summed E-state index contributed by atoms with van der Waals surface area (Å²) in [6.07, 6.45) is 8.54. The zero-order valence-electron chi connectivity index (χ0n) is 7.61. The van der Waals surface area contributed by atoms with Crippen LogP contribution >= 0.6 is 0 Å². The third kappa shape index (κ3) is 1.94. The van der Waals surface area contributed by atoms with Crippen LogP contribution < -0.4 is 5.73 Å². The Morgan fingerprint density at radius 2 is 2.29 bits per heavy atom. The standard InChI is InChI=1S/C9H11N5/c10-8(7-14-5-1-2-13-14)9-6-11-3-4-12-9/h1-6,8H,7,10H2. The zero-order chi connectivity index (χ0) is 9.80. The first kappa shape index (κ1) is 8.83. The lowest BCUT2D eigenvalue weighted by molar-refractivity contribution is 0.517. The highest BCUT2D eigenvalue weighted by Gasteiger charge is 2.07. The van der Waals surface area contributed by atoms with Crippen LogP contribution in [0.1, 0.15) is 11.7 Å². The Kier molecular flexibility index (Phi) is 2.51. The minimum absolute atomic E-state index is 0.163. The predicted octanol–water partition coefficient (Wildman–Crippen LogP) is 0.373. The number of rotatable bonds is 3. The summed E-state index contributed by atoms with van der Waals surface area (Å²) >= 11 is 0. The van der Waals surface area contributed by atoms with E-state index in [-0.39, 0.29) is 6.04 Å². The van der Waals surface area contributed by atoms with Crippen molar-refractivity contribution in [3.8, 4) is 0 Å².